The fraction of sp³-hybridized carbons (Fsp3) is 0.667. The second kappa shape index (κ2) is 6.62. The van der Waals surface area contributed by atoms with Gasteiger partial charge in [-0.25, -0.2) is 0 Å². The Morgan fingerprint density at radius 1 is 0.850 bits per heavy atom. The second-order valence-electron chi connectivity index (χ2n) is 7.38. The summed E-state index contributed by atoms with van der Waals surface area (Å²) in [5.41, 5.74) is 4.22. The first-order valence-corrected chi connectivity index (χ1v) is 7.79. The lowest BCUT2D eigenvalue weighted by Crippen LogP contribution is -2.46. The maximum atomic E-state index is 3.69. The molecule has 0 spiro atoms. The highest BCUT2D eigenvalue weighted by molar-refractivity contribution is 5.60. The molecule has 1 aromatic carbocycles. The van der Waals surface area contributed by atoms with Crippen LogP contribution in [0.1, 0.15) is 78.4 Å². The molecule has 0 saturated carbocycles. The number of para-hydroxylation sites is 1. The van der Waals surface area contributed by atoms with Crippen LogP contribution in [-0.2, 0) is 0 Å². The maximum absolute atomic E-state index is 3.69. The van der Waals surface area contributed by atoms with Gasteiger partial charge in [0.05, 0.1) is 6.17 Å². The van der Waals surface area contributed by atoms with Gasteiger partial charge < -0.3 is 5.32 Å². The van der Waals surface area contributed by atoms with E-state index >= 15 is 0 Å². The van der Waals surface area contributed by atoms with Gasteiger partial charge in [0.15, 0.2) is 0 Å². The summed E-state index contributed by atoms with van der Waals surface area (Å²) in [7, 11) is 0. The Balaban J connectivity index is 3.08. The van der Waals surface area contributed by atoms with E-state index in [2.05, 4.69) is 84.2 Å². The van der Waals surface area contributed by atoms with Gasteiger partial charge >= 0.3 is 0 Å². The summed E-state index contributed by atoms with van der Waals surface area (Å²) in [6.45, 7) is 17.8. The third-order valence-electron chi connectivity index (χ3n) is 3.38. The van der Waals surface area contributed by atoms with Gasteiger partial charge in [-0.2, -0.15) is 0 Å². The smallest absolute Gasteiger partial charge is 0.0743 e. The van der Waals surface area contributed by atoms with Crippen molar-refractivity contribution in [2.24, 2.45) is 0 Å². The monoisotopic (exact) mass is 276 g/mol. The molecule has 0 aromatic heterocycles. The van der Waals surface area contributed by atoms with Crippen molar-refractivity contribution >= 4 is 5.69 Å². The summed E-state index contributed by atoms with van der Waals surface area (Å²) >= 11 is 0. The number of nitrogens with one attached hydrogen (secondary N) is 2. The van der Waals surface area contributed by atoms with Crippen molar-refractivity contribution in [3.63, 3.8) is 0 Å². The zero-order valence-corrected chi connectivity index (χ0v) is 14.5. The molecular formula is C18H32N2. The summed E-state index contributed by atoms with van der Waals surface area (Å²) in [6.07, 6.45) is 0.243. The van der Waals surface area contributed by atoms with Crippen molar-refractivity contribution in [1.29, 1.82) is 0 Å². The van der Waals surface area contributed by atoms with Crippen LogP contribution < -0.4 is 10.6 Å². The molecule has 2 heteroatoms. The minimum absolute atomic E-state index is 0.108. The summed E-state index contributed by atoms with van der Waals surface area (Å²) in [5.74, 6) is 1.05. The van der Waals surface area contributed by atoms with Crippen molar-refractivity contribution in [2.75, 3.05) is 5.32 Å². The Bertz CT molecular complexity index is 401. The molecular weight excluding hydrogens is 244 g/mol. The van der Waals surface area contributed by atoms with E-state index in [4.69, 9.17) is 0 Å². The fourth-order valence-corrected chi connectivity index (χ4v) is 2.62. The molecule has 114 valence electrons. The summed E-state index contributed by atoms with van der Waals surface area (Å²) in [5, 5.41) is 7.28. The van der Waals surface area contributed by atoms with Crippen LogP contribution in [0.5, 0.6) is 0 Å². The SMILES string of the molecule is CC(Nc1c(C(C)C)cccc1C(C)C)NC(C)(C)C. The predicted molar refractivity (Wildman–Crippen MR) is 90.6 cm³/mol. The molecule has 0 heterocycles. The second-order valence-corrected chi connectivity index (χ2v) is 7.38. The number of hydrogen-bond acceptors (Lipinski definition) is 2. The molecule has 1 unspecified atom stereocenters. The molecule has 0 fully saturated rings. The molecule has 0 aliphatic carbocycles. The Hall–Kier alpha value is -1.02. The summed E-state index contributed by atoms with van der Waals surface area (Å²) < 4.78 is 0. The van der Waals surface area contributed by atoms with Crippen molar-refractivity contribution in [2.45, 2.75) is 78.9 Å². The van der Waals surface area contributed by atoms with Gasteiger partial charge in [-0.15, -0.1) is 0 Å². The molecule has 1 atom stereocenters. The zero-order chi connectivity index (χ0) is 15.5. The van der Waals surface area contributed by atoms with Gasteiger partial charge in [-0.1, -0.05) is 45.9 Å². The van der Waals surface area contributed by atoms with Gasteiger partial charge in [-0.3, -0.25) is 5.32 Å². The minimum Gasteiger partial charge on any atom is -0.370 e. The lowest BCUT2D eigenvalue weighted by Gasteiger charge is -2.30. The van der Waals surface area contributed by atoms with E-state index in [9.17, 15) is 0 Å². The quantitative estimate of drug-likeness (QED) is 0.733. The number of anilines is 1. The van der Waals surface area contributed by atoms with Crippen LogP contribution in [-0.4, -0.2) is 11.7 Å². The van der Waals surface area contributed by atoms with E-state index in [0.717, 1.165) is 0 Å². The van der Waals surface area contributed by atoms with E-state index < -0.39 is 0 Å². The Labute approximate surface area is 125 Å². The van der Waals surface area contributed by atoms with Crippen LogP contribution in [0, 0.1) is 0 Å². The molecule has 0 bridgehead atoms. The van der Waals surface area contributed by atoms with E-state index in [-0.39, 0.29) is 11.7 Å². The van der Waals surface area contributed by atoms with Crippen molar-refractivity contribution in [3.8, 4) is 0 Å². The van der Waals surface area contributed by atoms with Crippen LogP contribution in [0.4, 0.5) is 5.69 Å². The predicted octanol–water partition coefficient (Wildman–Crippen LogP) is 5.08. The average Bonchev–Trinajstić information content (AvgIpc) is 2.25. The third kappa shape index (κ3) is 4.82. The van der Waals surface area contributed by atoms with Crippen molar-refractivity contribution in [3.05, 3.63) is 29.3 Å². The van der Waals surface area contributed by atoms with Gasteiger partial charge in [-0.05, 0) is 50.7 Å². The zero-order valence-electron chi connectivity index (χ0n) is 14.5. The normalized spacial score (nSPS) is 13.9. The first-order valence-electron chi connectivity index (χ1n) is 7.79. The molecule has 0 aliphatic rings. The van der Waals surface area contributed by atoms with Gasteiger partial charge in [0.1, 0.15) is 0 Å². The van der Waals surface area contributed by atoms with Crippen molar-refractivity contribution < 1.29 is 0 Å². The number of rotatable bonds is 5. The van der Waals surface area contributed by atoms with Gasteiger partial charge in [0.25, 0.3) is 0 Å². The molecule has 20 heavy (non-hydrogen) atoms. The van der Waals surface area contributed by atoms with E-state index in [0.29, 0.717) is 11.8 Å². The van der Waals surface area contributed by atoms with E-state index in [1.54, 1.807) is 0 Å². The highest BCUT2D eigenvalue weighted by Gasteiger charge is 2.18. The van der Waals surface area contributed by atoms with E-state index in [1.165, 1.54) is 16.8 Å². The molecule has 0 aliphatic heterocycles. The Kier molecular flexibility index (Phi) is 5.64. The number of hydrogen-bond donors (Lipinski definition) is 2. The molecule has 2 nitrogen and oxygen atoms in total. The lowest BCUT2D eigenvalue weighted by atomic mass is 9.92. The van der Waals surface area contributed by atoms with Crippen LogP contribution in [0.25, 0.3) is 0 Å². The first kappa shape index (κ1) is 17.0. The van der Waals surface area contributed by atoms with Crippen LogP contribution in [0.15, 0.2) is 18.2 Å². The Morgan fingerprint density at radius 3 is 1.65 bits per heavy atom. The van der Waals surface area contributed by atoms with Gasteiger partial charge in [0, 0.05) is 11.2 Å². The molecule has 1 aromatic rings. The lowest BCUT2D eigenvalue weighted by molar-refractivity contribution is 0.391. The summed E-state index contributed by atoms with van der Waals surface area (Å²) in [6, 6.07) is 6.66. The van der Waals surface area contributed by atoms with Crippen molar-refractivity contribution in [1.82, 2.24) is 5.32 Å². The standard InChI is InChI=1S/C18H32N2/c1-12(2)15-10-9-11-16(13(3)4)17(15)19-14(5)20-18(6,7)8/h9-14,19-20H,1-8H3. The van der Waals surface area contributed by atoms with Crippen LogP contribution in [0.3, 0.4) is 0 Å². The topological polar surface area (TPSA) is 24.1 Å². The molecule has 0 amide bonds. The molecule has 0 saturated heterocycles. The largest absolute Gasteiger partial charge is 0.370 e. The number of benzene rings is 1. The first-order chi connectivity index (χ1) is 9.11. The molecule has 1 rings (SSSR count). The van der Waals surface area contributed by atoms with E-state index in [1.807, 2.05) is 0 Å². The molecule has 2 N–H and O–H groups in total. The fourth-order valence-electron chi connectivity index (χ4n) is 2.62. The minimum atomic E-state index is 0.108. The van der Waals surface area contributed by atoms with Crippen LogP contribution in [0.2, 0.25) is 0 Å². The highest BCUT2D eigenvalue weighted by Crippen LogP contribution is 2.32. The maximum Gasteiger partial charge on any atom is 0.0743 e. The van der Waals surface area contributed by atoms with Gasteiger partial charge in [0.2, 0.25) is 0 Å². The highest BCUT2D eigenvalue weighted by atomic mass is 15.1. The Morgan fingerprint density at radius 2 is 1.30 bits per heavy atom. The molecule has 0 radical (unpaired) electrons. The average molecular weight is 276 g/mol. The van der Waals surface area contributed by atoms with Crippen LogP contribution >= 0.6 is 0 Å². The summed E-state index contributed by atoms with van der Waals surface area (Å²) in [4.78, 5) is 0. The third-order valence-corrected chi connectivity index (χ3v) is 3.38.